The lowest BCUT2D eigenvalue weighted by atomic mass is 10.1. The second-order valence-corrected chi connectivity index (χ2v) is 7.78. The van der Waals surface area contributed by atoms with Gasteiger partial charge >= 0.3 is 5.69 Å². The Morgan fingerprint density at radius 2 is 2.00 bits per heavy atom. The number of likely N-dealkylation sites (N-methyl/N-ethyl adjacent to an activating group) is 1. The van der Waals surface area contributed by atoms with E-state index in [-0.39, 0.29) is 17.6 Å². The van der Waals surface area contributed by atoms with Crippen LogP contribution in [0.25, 0.3) is 11.0 Å². The minimum atomic E-state index is -0.117. The molecule has 3 N–H and O–H groups in total. The second-order valence-electron chi connectivity index (χ2n) is 7.78. The summed E-state index contributed by atoms with van der Waals surface area (Å²) in [5.74, 6) is -0.102. The number of quaternary nitrogens is 1. The van der Waals surface area contributed by atoms with Crippen molar-refractivity contribution in [2.75, 3.05) is 19.6 Å². The van der Waals surface area contributed by atoms with Gasteiger partial charge in [-0.25, -0.2) is 4.79 Å². The minimum absolute atomic E-state index is 0.0510. The zero-order valence-corrected chi connectivity index (χ0v) is 17.1. The molecule has 2 aromatic carbocycles. The summed E-state index contributed by atoms with van der Waals surface area (Å²) in [5.41, 5.74) is 4.54. The van der Waals surface area contributed by atoms with Gasteiger partial charge in [-0.3, -0.25) is 9.36 Å². The van der Waals surface area contributed by atoms with Gasteiger partial charge in [-0.2, -0.15) is 0 Å². The predicted molar refractivity (Wildman–Crippen MR) is 114 cm³/mol. The summed E-state index contributed by atoms with van der Waals surface area (Å²) < 4.78 is 1.77. The molecule has 6 heteroatoms. The number of imidazole rings is 1. The van der Waals surface area contributed by atoms with E-state index in [1.54, 1.807) is 10.6 Å². The molecule has 0 bridgehead atoms. The second kappa shape index (κ2) is 8.25. The summed E-state index contributed by atoms with van der Waals surface area (Å²) in [6.07, 6.45) is 1.92. The van der Waals surface area contributed by atoms with E-state index in [0.717, 1.165) is 38.0 Å². The van der Waals surface area contributed by atoms with Crippen molar-refractivity contribution in [2.45, 2.75) is 39.3 Å². The van der Waals surface area contributed by atoms with Crippen LogP contribution in [0.4, 0.5) is 0 Å². The van der Waals surface area contributed by atoms with Crippen LogP contribution in [0.15, 0.2) is 47.3 Å². The highest BCUT2D eigenvalue weighted by atomic mass is 16.2. The molecule has 29 heavy (non-hydrogen) atoms. The molecule has 0 fully saturated rings. The van der Waals surface area contributed by atoms with Crippen molar-refractivity contribution < 1.29 is 9.69 Å². The van der Waals surface area contributed by atoms with Crippen LogP contribution in [-0.4, -0.2) is 35.1 Å². The van der Waals surface area contributed by atoms with E-state index in [4.69, 9.17) is 0 Å². The molecule has 0 saturated heterocycles. The Kier molecular flexibility index (Phi) is 5.53. The van der Waals surface area contributed by atoms with Gasteiger partial charge in [0.15, 0.2) is 0 Å². The lowest BCUT2D eigenvalue weighted by molar-refractivity contribution is -0.897. The number of benzene rings is 2. The monoisotopic (exact) mass is 393 g/mol. The van der Waals surface area contributed by atoms with Crippen LogP contribution in [0.3, 0.4) is 0 Å². The first-order chi connectivity index (χ1) is 14.1. The summed E-state index contributed by atoms with van der Waals surface area (Å²) in [5, 5.41) is 3.15. The number of fused-ring (bicyclic) bond motifs is 2. The fraction of sp³-hybridized carbons (Fsp3) is 0.391. The predicted octanol–water partition coefficient (Wildman–Crippen LogP) is 1.67. The van der Waals surface area contributed by atoms with E-state index >= 15 is 0 Å². The number of aromatic nitrogens is 2. The van der Waals surface area contributed by atoms with E-state index in [1.807, 2.05) is 24.3 Å². The van der Waals surface area contributed by atoms with E-state index in [0.29, 0.717) is 17.6 Å². The number of hydrogen-bond acceptors (Lipinski definition) is 2. The zero-order chi connectivity index (χ0) is 20.4. The highest BCUT2D eigenvalue weighted by Gasteiger charge is 2.24. The van der Waals surface area contributed by atoms with Gasteiger partial charge in [-0.1, -0.05) is 24.3 Å². The number of H-pyrrole nitrogens is 1. The zero-order valence-electron chi connectivity index (χ0n) is 17.1. The molecule has 0 spiro atoms. The molecule has 1 amide bonds. The molecule has 6 nitrogen and oxygen atoms in total. The van der Waals surface area contributed by atoms with Gasteiger partial charge < -0.3 is 15.2 Å². The van der Waals surface area contributed by atoms with Gasteiger partial charge in [-0.15, -0.1) is 0 Å². The number of rotatable bonds is 7. The molecule has 3 aromatic rings. The number of nitrogens with one attached hydrogen (secondary N) is 3. The summed E-state index contributed by atoms with van der Waals surface area (Å²) in [7, 11) is 0. The Labute approximate surface area is 170 Å². The molecule has 152 valence electrons. The van der Waals surface area contributed by atoms with Crippen molar-refractivity contribution in [1.82, 2.24) is 14.9 Å². The molecule has 1 aliphatic carbocycles. The number of carbonyl (C=O) groups excluding carboxylic acids is 1. The molecule has 1 heterocycles. The summed E-state index contributed by atoms with van der Waals surface area (Å²) in [6, 6.07) is 13.8. The molecular formula is C23H29N4O2+. The van der Waals surface area contributed by atoms with Crippen molar-refractivity contribution in [2.24, 2.45) is 0 Å². The highest BCUT2D eigenvalue weighted by molar-refractivity contribution is 5.97. The van der Waals surface area contributed by atoms with Crippen LogP contribution in [0.1, 0.15) is 47.8 Å². The first kappa shape index (κ1) is 19.5. The molecule has 1 aliphatic rings. The van der Waals surface area contributed by atoms with Gasteiger partial charge in [0.25, 0.3) is 5.91 Å². The Bertz CT molecular complexity index is 1080. The van der Waals surface area contributed by atoms with Crippen LogP contribution >= 0.6 is 0 Å². The van der Waals surface area contributed by atoms with E-state index < -0.39 is 0 Å². The van der Waals surface area contributed by atoms with Crippen molar-refractivity contribution >= 4 is 16.9 Å². The average molecular weight is 394 g/mol. The van der Waals surface area contributed by atoms with Crippen LogP contribution in [-0.2, 0) is 13.0 Å². The normalized spacial score (nSPS) is 15.8. The fourth-order valence-corrected chi connectivity index (χ4v) is 4.35. The smallest absolute Gasteiger partial charge is 0.326 e. The number of nitrogens with zero attached hydrogens (tertiary/aromatic N) is 1. The average Bonchev–Trinajstić information content (AvgIpc) is 3.28. The lowest BCUT2D eigenvalue weighted by Crippen LogP contribution is -3.11. The number of carbonyl (C=O) groups is 1. The van der Waals surface area contributed by atoms with Crippen LogP contribution in [0, 0.1) is 0 Å². The van der Waals surface area contributed by atoms with Crippen molar-refractivity contribution in [1.29, 1.82) is 0 Å². The van der Waals surface area contributed by atoms with Crippen LogP contribution < -0.4 is 15.9 Å². The molecule has 0 aliphatic heterocycles. The standard InChI is InChI=1S/C23H28N4O2/c1-3-26(4-2)13-14-27-21-12-10-17(15-20(21)25-23(27)29)22(28)24-19-11-9-16-7-5-6-8-18(16)19/h5-8,10,12,15,19H,3-4,9,11,13-14H2,1-2H3,(H,24,28)(H,25,29)/p+1/t19-/m0/s1. The first-order valence-electron chi connectivity index (χ1n) is 10.6. The van der Waals surface area contributed by atoms with Gasteiger partial charge in [0.2, 0.25) is 0 Å². The van der Waals surface area contributed by atoms with Gasteiger partial charge in [0.1, 0.15) is 0 Å². The van der Waals surface area contributed by atoms with Gasteiger partial charge in [-0.05, 0) is 56.0 Å². The third-order valence-electron chi connectivity index (χ3n) is 6.16. The minimum Gasteiger partial charge on any atom is -0.345 e. The Morgan fingerprint density at radius 3 is 2.79 bits per heavy atom. The van der Waals surface area contributed by atoms with Gasteiger partial charge in [0.05, 0.1) is 43.3 Å². The lowest BCUT2D eigenvalue weighted by Gasteiger charge is -2.15. The topological polar surface area (TPSA) is 71.3 Å². The third kappa shape index (κ3) is 3.85. The maximum Gasteiger partial charge on any atom is 0.326 e. The Balaban J connectivity index is 1.52. The molecule has 1 atom stereocenters. The number of amides is 1. The van der Waals surface area contributed by atoms with Gasteiger partial charge in [0, 0.05) is 5.56 Å². The largest absolute Gasteiger partial charge is 0.345 e. The molecule has 4 rings (SSSR count). The van der Waals surface area contributed by atoms with E-state index in [2.05, 4.69) is 36.3 Å². The summed E-state index contributed by atoms with van der Waals surface area (Å²) >= 11 is 0. The highest BCUT2D eigenvalue weighted by Crippen LogP contribution is 2.31. The Morgan fingerprint density at radius 1 is 1.21 bits per heavy atom. The third-order valence-corrected chi connectivity index (χ3v) is 6.16. The van der Waals surface area contributed by atoms with Crippen molar-refractivity contribution in [3.63, 3.8) is 0 Å². The maximum atomic E-state index is 12.8. The number of aromatic amines is 1. The quantitative estimate of drug-likeness (QED) is 0.571. The van der Waals surface area contributed by atoms with Crippen molar-refractivity contribution in [3.8, 4) is 0 Å². The first-order valence-corrected chi connectivity index (χ1v) is 10.6. The number of hydrogen-bond donors (Lipinski definition) is 3. The molecule has 0 radical (unpaired) electrons. The molecule has 0 saturated carbocycles. The SMILES string of the molecule is CC[NH+](CC)CCn1c(=O)[nH]c2cc(C(=O)N[C@H]3CCc4ccccc43)ccc21. The van der Waals surface area contributed by atoms with Crippen LogP contribution in [0.5, 0.6) is 0 Å². The summed E-state index contributed by atoms with van der Waals surface area (Å²) in [6.45, 7) is 7.98. The van der Waals surface area contributed by atoms with E-state index in [9.17, 15) is 9.59 Å². The Hall–Kier alpha value is -2.86. The van der Waals surface area contributed by atoms with E-state index in [1.165, 1.54) is 16.0 Å². The number of aryl methyl sites for hydroxylation is 1. The molecule has 0 unspecified atom stereocenters. The molecule has 1 aromatic heterocycles. The maximum absolute atomic E-state index is 12.8. The molecular weight excluding hydrogens is 364 g/mol. The fourth-order valence-electron chi connectivity index (χ4n) is 4.35. The van der Waals surface area contributed by atoms with Crippen LogP contribution in [0.2, 0.25) is 0 Å². The van der Waals surface area contributed by atoms with Crippen molar-refractivity contribution in [3.05, 3.63) is 69.6 Å². The summed E-state index contributed by atoms with van der Waals surface area (Å²) in [4.78, 5) is 29.6.